The van der Waals surface area contributed by atoms with Gasteiger partial charge in [0.2, 0.25) is 0 Å². The van der Waals surface area contributed by atoms with Crippen LogP contribution >= 0.6 is 0 Å². The van der Waals surface area contributed by atoms with E-state index in [2.05, 4.69) is 0 Å². The molecule has 1 amide bonds. The molecule has 0 aliphatic heterocycles. The fourth-order valence-electron chi connectivity index (χ4n) is 2.52. The van der Waals surface area contributed by atoms with Crippen LogP contribution in [-0.2, 0) is 4.79 Å². The SMILES string of the molecule is CC(C)N(C(=O)COc1ccc2ccc(=O)oc2c1)C(C)C. The minimum Gasteiger partial charge on any atom is -0.484 e. The Hall–Kier alpha value is -2.30. The van der Waals surface area contributed by atoms with E-state index < -0.39 is 5.63 Å². The van der Waals surface area contributed by atoms with Crippen molar-refractivity contribution < 1.29 is 13.9 Å². The predicted octanol–water partition coefficient (Wildman–Crippen LogP) is 2.82. The van der Waals surface area contributed by atoms with Crippen LogP contribution in [0.4, 0.5) is 0 Å². The van der Waals surface area contributed by atoms with Gasteiger partial charge in [-0.3, -0.25) is 4.79 Å². The van der Waals surface area contributed by atoms with Crippen molar-refractivity contribution >= 4 is 16.9 Å². The van der Waals surface area contributed by atoms with Gasteiger partial charge in [-0.25, -0.2) is 4.79 Å². The minimum atomic E-state index is -0.411. The maximum atomic E-state index is 12.2. The zero-order valence-corrected chi connectivity index (χ0v) is 13.3. The Morgan fingerprint density at radius 1 is 1.14 bits per heavy atom. The number of ether oxygens (including phenoxy) is 1. The Kier molecular flexibility index (Phi) is 4.85. The first-order valence-electron chi connectivity index (χ1n) is 7.36. The number of nitrogens with zero attached hydrogens (tertiary/aromatic N) is 1. The monoisotopic (exact) mass is 303 g/mol. The van der Waals surface area contributed by atoms with Gasteiger partial charge in [-0.05, 0) is 45.9 Å². The molecule has 22 heavy (non-hydrogen) atoms. The molecule has 0 unspecified atom stereocenters. The first-order chi connectivity index (χ1) is 10.4. The molecule has 0 saturated heterocycles. The van der Waals surface area contributed by atoms with Gasteiger partial charge in [-0.1, -0.05) is 0 Å². The Bertz CT molecular complexity index is 710. The van der Waals surface area contributed by atoms with E-state index in [1.54, 1.807) is 29.2 Å². The molecule has 5 heteroatoms. The number of hydrogen-bond acceptors (Lipinski definition) is 4. The summed E-state index contributed by atoms with van der Waals surface area (Å²) in [4.78, 5) is 25.3. The second-order valence-electron chi connectivity index (χ2n) is 5.73. The molecule has 2 rings (SSSR count). The van der Waals surface area contributed by atoms with Crippen LogP contribution in [0.15, 0.2) is 39.5 Å². The van der Waals surface area contributed by atoms with E-state index in [-0.39, 0.29) is 24.6 Å². The van der Waals surface area contributed by atoms with E-state index in [9.17, 15) is 9.59 Å². The molecule has 0 fully saturated rings. The molecular weight excluding hydrogens is 282 g/mol. The van der Waals surface area contributed by atoms with Crippen molar-refractivity contribution in [3.8, 4) is 5.75 Å². The lowest BCUT2D eigenvalue weighted by molar-refractivity contribution is -0.136. The smallest absolute Gasteiger partial charge is 0.336 e. The van der Waals surface area contributed by atoms with Crippen LogP contribution in [0, 0.1) is 0 Å². The molecule has 0 aliphatic carbocycles. The molecule has 1 heterocycles. The summed E-state index contributed by atoms with van der Waals surface area (Å²) < 4.78 is 10.6. The second-order valence-corrected chi connectivity index (χ2v) is 5.73. The Morgan fingerprint density at radius 3 is 2.41 bits per heavy atom. The average Bonchev–Trinajstić information content (AvgIpc) is 2.43. The van der Waals surface area contributed by atoms with Crippen LogP contribution in [-0.4, -0.2) is 29.5 Å². The Balaban J connectivity index is 2.11. The van der Waals surface area contributed by atoms with Crippen LogP contribution in [0.1, 0.15) is 27.7 Å². The molecular formula is C17H21NO4. The summed E-state index contributed by atoms with van der Waals surface area (Å²) in [6.45, 7) is 7.86. The average molecular weight is 303 g/mol. The number of hydrogen-bond donors (Lipinski definition) is 0. The van der Waals surface area contributed by atoms with E-state index in [0.29, 0.717) is 11.3 Å². The third-order valence-corrected chi connectivity index (χ3v) is 3.36. The highest BCUT2D eigenvalue weighted by molar-refractivity contribution is 5.79. The molecule has 1 aromatic carbocycles. The molecule has 5 nitrogen and oxygen atoms in total. The van der Waals surface area contributed by atoms with Gasteiger partial charge >= 0.3 is 5.63 Å². The molecule has 0 N–H and O–H groups in total. The molecule has 1 aromatic heterocycles. The first-order valence-corrected chi connectivity index (χ1v) is 7.36. The van der Waals surface area contributed by atoms with Crippen LogP contribution in [0.3, 0.4) is 0 Å². The standard InChI is InChI=1S/C17H21NO4/c1-11(2)18(12(3)4)16(19)10-21-14-7-5-13-6-8-17(20)22-15(13)9-14/h5-9,11-12H,10H2,1-4H3. The predicted molar refractivity (Wildman–Crippen MR) is 85.1 cm³/mol. The fraction of sp³-hybridized carbons (Fsp3) is 0.412. The van der Waals surface area contributed by atoms with Crippen molar-refractivity contribution in [3.05, 3.63) is 40.8 Å². The van der Waals surface area contributed by atoms with Crippen LogP contribution in [0.2, 0.25) is 0 Å². The summed E-state index contributed by atoms with van der Waals surface area (Å²) in [5.41, 5.74) is 0.0357. The van der Waals surface area contributed by atoms with Crippen molar-refractivity contribution in [1.82, 2.24) is 4.90 Å². The number of rotatable bonds is 5. The van der Waals surface area contributed by atoms with Crippen LogP contribution < -0.4 is 10.4 Å². The summed E-state index contributed by atoms with van der Waals surface area (Å²) in [5.74, 6) is 0.433. The van der Waals surface area contributed by atoms with E-state index in [1.165, 1.54) is 6.07 Å². The third kappa shape index (κ3) is 3.67. The fourth-order valence-corrected chi connectivity index (χ4v) is 2.52. The Morgan fingerprint density at radius 2 is 1.77 bits per heavy atom. The quantitative estimate of drug-likeness (QED) is 0.797. The second kappa shape index (κ2) is 6.64. The van der Waals surface area contributed by atoms with Crippen molar-refractivity contribution in [2.45, 2.75) is 39.8 Å². The van der Waals surface area contributed by atoms with Gasteiger partial charge in [0.1, 0.15) is 11.3 Å². The zero-order valence-electron chi connectivity index (χ0n) is 13.3. The summed E-state index contributed by atoms with van der Waals surface area (Å²) in [6.07, 6.45) is 0. The van der Waals surface area contributed by atoms with Gasteiger partial charge in [-0.2, -0.15) is 0 Å². The highest BCUT2D eigenvalue weighted by Crippen LogP contribution is 2.19. The Labute approximate surface area is 129 Å². The number of carbonyl (C=O) groups excluding carboxylic acids is 1. The van der Waals surface area contributed by atoms with Crippen molar-refractivity contribution in [1.29, 1.82) is 0 Å². The van der Waals surface area contributed by atoms with Crippen molar-refractivity contribution in [3.63, 3.8) is 0 Å². The number of amides is 1. The van der Waals surface area contributed by atoms with Crippen molar-refractivity contribution in [2.75, 3.05) is 6.61 Å². The van der Waals surface area contributed by atoms with Gasteiger partial charge in [-0.15, -0.1) is 0 Å². The third-order valence-electron chi connectivity index (χ3n) is 3.36. The molecule has 0 aliphatic rings. The summed E-state index contributed by atoms with van der Waals surface area (Å²) >= 11 is 0. The lowest BCUT2D eigenvalue weighted by Crippen LogP contribution is -2.44. The van der Waals surface area contributed by atoms with Gasteiger partial charge in [0.15, 0.2) is 6.61 Å². The highest BCUT2D eigenvalue weighted by atomic mass is 16.5. The lowest BCUT2D eigenvalue weighted by atomic mass is 10.2. The lowest BCUT2D eigenvalue weighted by Gasteiger charge is -2.30. The van der Waals surface area contributed by atoms with Gasteiger partial charge in [0, 0.05) is 29.6 Å². The number of fused-ring (bicyclic) bond motifs is 1. The normalized spacial score (nSPS) is 11.2. The zero-order chi connectivity index (χ0) is 16.3. The number of benzene rings is 1. The van der Waals surface area contributed by atoms with Crippen molar-refractivity contribution in [2.24, 2.45) is 0 Å². The maximum Gasteiger partial charge on any atom is 0.336 e. The molecule has 0 saturated carbocycles. The maximum absolute atomic E-state index is 12.2. The number of carbonyl (C=O) groups is 1. The van der Waals surface area contributed by atoms with Gasteiger partial charge in [0.25, 0.3) is 5.91 Å². The molecule has 0 spiro atoms. The molecule has 118 valence electrons. The summed E-state index contributed by atoms with van der Waals surface area (Å²) in [7, 11) is 0. The topological polar surface area (TPSA) is 59.8 Å². The molecule has 0 atom stereocenters. The molecule has 2 aromatic rings. The summed E-state index contributed by atoms with van der Waals surface area (Å²) in [5, 5.41) is 0.810. The van der Waals surface area contributed by atoms with Gasteiger partial charge in [0.05, 0.1) is 0 Å². The first kappa shape index (κ1) is 16.1. The minimum absolute atomic E-state index is 0.0427. The van der Waals surface area contributed by atoms with E-state index in [0.717, 1.165) is 5.39 Å². The largest absolute Gasteiger partial charge is 0.484 e. The molecule has 0 radical (unpaired) electrons. The van der Waals surface area contributed by atoms with Crippen LogP contribution in [0.5, 0.6) is 5.75 Å². The van der Waals surface area contributed by atoms with E-state index in [1.807, 2.05) is 27.7 Å². The highest BCUT2D eigenvalue weighted by Gasteiger charge is 2.20. The van der Waals surface area contributed by atoms with Gasteiger partial charge < -0.3 is 14.1 Å². The van der Waals surface area contributed by atoms with Crippen LogP contribution in [0.25, 0.3) is 11.0 Å². The summed E-state index contributed by atoms with van der Waals surface area (Å²) in [6, 6.07) is 8.46. The van der Waals surface area contributed by atoms with E-state index >= 15 is 0 Å². The molecule has 0 bridgehead atoms. The van der Waals surface area contributed by atoms with E-state index in [4.69, 9.17) is 9.15 Å².